The number of anilines is 1. The van der Waals surface area contributed by atoms with E-state index in [0.717, 1.165) is 0 Å². The van der Waals surface area contributed by atoms with Crippen LogP contribution in [0.5, 0.6) is 11.5 Å². The van der Waals surface area contributed by atoms with Crippen molar-refractivity contribution in [3.8, 4) is 11.5 Å². The van der Waals surface area contributed by atoms with E-state index < -0.39 is 23.6 Å². The van der Waals surface area contributed by atoms with E-state index in [2.05, 4.69) is 16.2 Å². The molecule has 1 aromatic carbocycles. The van der Waals surface area contributed by atoms with Crippen molar-refractivity contribution in [3.63, 3.8) is 0 Å². The first-order chi connectivity index (χ1) is 10.0. The van der Waals surface area contributed by atoms with Gasteiger partial charge in [0.25, 0.3) is 11.8 Å². The van der Waals surface area contributed by atoms with Crippen LogP contribution in [0.3, 0.4) is 0 Å². The highest BCUT2D eigenvalue weighted by atomic mass is 16.5. The Morgan fingerprint density at radius 2 is 1.86 bits per heavy atom. The molecular weight excluding hydrogens is 278 g/mol. The minimum Gasteiger partial charge on any atom is -0.497 e. The average molecular weight is 293 g/mol. The van der Waals surface area contributed by atoms with Crippen LogP contribution in [0.25, 0.3) is 0 Å². The van der Waals surface area contributed by atoms with Crippen LogP contribution in [0.2, 0.25) is 0 Å². The number of carbonyl (C=O) groups is 3. The standard InChI is InChI=1S/C13H15N3O5/c1-20-7-3-4-9(10(5-7)21-2)14-11(17)6-8-12(18)15-16-13(8)19/h3-5,8H,6H2,1-2H3,(H,14,17)(H,15,18)(H,16,19). The summed E-state index contributed by atoms with van der Waals surface area (Å²) in [4.78, 5) is 34.7. The molecule has 1 fully saturated rings. The third-order valence-corrected chi connectivity index (χ3v) is 3.01. The van der Waals surface area contributed by atoms with Gasteiger partial charge in [-0.25, -0.2) is 0 Å². The number of benzene rings is 1. The van der Waals surface area contributed by atoms with Gasteiger partial charge in [0.1, 0.15) is 17.4 Å². The van der Waals surface area contributed by atoms with E-state index in [9.17, 15) is 14.4 Å². The molecule has 112 valence electrons. The highest BCUT2D eigenvalue weighted by Crippen LogP contribution is 2.29. The smallest absolute Gasteiger partial charge is 0.251 e. The molecule has 0 spiro atoms. The SMILES string of the molecule is COc1ccc(NC(=O)CC2C(=O)NNC2=O)c(OC)c1. The zero-order valence-corrected chi connectivity index (χ0v) is 11.6. The average Bonchev–Trinajstić information content (AvgIpc) is 2.79. The lowest BCUT2D eigenvalue weighted by atomic mass is 10.1. The van der Waals surface area contributed by atoms with Gasteiger partial charge in [0.2, 0.25) is 5.91 Å². The van der Waals surface area contributed by atoms with Gasteiger partial charge in [0.15, 0.2) is 0 Å². The van der Waals surface area contributed by atoms with Crippen LogP contribution in [-0.4, -0.2) is 31.9 Å². The topological polar surface area (TPSA) is 106 Å². The molecule has 3 amide bonds. The van der Waals surface area contributed by atoms with Gasteiger partial charge in [-0.2, -0.15) is 0 Å². The van der Waals surface area contributed by atoms with Crippen LogP contribution in [-0.2, 0) is 14.4 Å². The minimum absolute atomic E-state index is 0.243. The summed E-state index contributed by atoms with van der Waals surface area (Å²) >= 11 is 0. The van der Waals surface area contributed by atoms with Gasteiger partial charge in [-0.15, -0.1) is 0 Å². The Balaban J connectivity index is 2.06. The van der Waals surface area contributed by atoms with Crippen molar-refractivity contribution in [2.45, 2.75) is 6.42 Å². The third-order valence-electron chi connectivity index (χ3n) is 3.01. The van der Waals surface area contributed by atoms with Crippen LogP contribution in [0.15, 0.2) is 18.2 Å². The second-order valence-corrected chi connectivity index (χ2v) is 4.35. The van der Waals surface area contributed by atoms with Gasteiger partial charge in [-0.1, -0.05) is 0 Å². The Labute approximate surface area is 120 Å². The fourth-order valence-electron chi connectivity index (χ4n) is 1.89. The highest BCUT2D eigenvalue weighted by molar-refractivity contribution is 6.09. The number of methoxy groups -OCH3 is 2. The summed E-state index contributed by atoms with van der Waals surface area (Å²) in [5.74, 6) is -1.51. The molecule has 1 saturated heterocycles. The van der Waals surface area contributed by atoms with Gasteiger partial charge in [-0.3, -0.25) is 25.2 Å². The van der Waals surface area contributed by atoms with Gasteiger partial charge in [-0.05, 0) is 12.1 Å². The maximum atomic E-state index is 11.9. The van der Waals surface area contributed by atoms with Crippen LogP contribution in [0, 0.1) is 5.92 Å². The van der Waals surface area contributed by atoms with Crippen LogP contribution >= 0.6 is 0 Å². The van der Waals surface area contributed by atoms with Gasteiger partial charge < -0.3 is 14.8 Å². The lowest BCUT2D eigenvalue weighted by Crippen LogP contribution is -2.28. The normalized spacial score (nSPS) is 14.4. The van der Waals surface area contributed by atoms with Crippen LogP contribution in [0.4, 0.5) is 5.69 Å². The predicted molar refractivity (Wildman–Crippen MR) is 72.6 cm³/mol. The molecular formula is C13H15N3O5. The van der Waals surface area contributed by atoms with E-state index in [1.807, 2.05) is 0 Å². The Kier molecular flexibility index (Phi) is 4.27. The molecule has 21 heavy (non-hydrogen) atoms. The molecule has 0 atom stereocenters. The first-order valence-corrected chi connectivity index (χ1v) is 6.16. The highest BCUT2D eigenvalue weighted by Gasteiger charge is 2.34. The fraction of sp³-hybridized carbons (Fsp3) is 0.308. The molecule has 0 aromatic heterocycles. The maximum absolute atomic E-state index is 11.9. The van der Waals surface area contributed by atoms with E-state index in [-0.39, 0.29) is 6.42 Å². The largest absolute Gasteiger partial charge is 0.497 e. The molecule has 3 N–H and O–H groups in total. The number of hydrogen-bond acceptors (Lipinski definition) is 5. The van der Waals surface area contributed by atoms with E-state index >= 15 is 0 Å². The first kappa shape index (κ1) is 14.6. The third kappa shape index (κ3) is 3.22. The second kappa shape index (κ2) is 6.12. The Morgan fingerprint density at radius 1 is 1.19 bits per heavy atom. The van der Waals surface area contributed by atoms with Gasteiger partial charge in [0.05, 0.1) is 19.9 Å². The fourth-order valence-corrected chi connectivity index (χ4v) is 1.89. The summed E-state index contributed by atoms with van der Waals surface area (Å²) < 4.78 is 10.2. The molecule has 0 bridgehead atoms. The Morgan fingerprint density at radius 3 is 2.43 bits per heavy atom. The summed E-state index contributed by atoms with van der Waals surface area (Å²) in [6.45, 7) is 0. The van der Waals surface area contributed by atoms with Crippen molar-refractivity contribution < 1.29 is 23.9 Å². The lowest BCUT2D eigenvalue weighted by Gasteiger charge is -2.12. The zero-order chi connectivity index (χ0) is 15.4. The van der Waals surface area contributed by atoms with Gasteiger partial charge in [0, 0.05) is 12.5 Å². The molecule has 0 unspecified atom stereocenters. The maximum Gasteiger partial charge on any atom is 0.251 e. The number of nitrogens with one attached hydrogen (secondary N) is 3. The van der Waals surface area contributed by atoms with E-state index in [1.165, 1.54) is 14.2 Å². The van der Waals surface area contributed by atoms with Crippen molar-refractivity contribution in [2.24, 2.45) is 5.92 Å². The van der Waals surface area contributed by atoms with Crippen molar-refractivity contribution in [1.29, 1.82) is 0 Å². The Bertz CT molecular complexity index is 571. The van der Waals surface area contributed by atoms with Crippen LogP contribution < -0.4 is 25.6 Å². The molecule has 0 saturated carbocycles. The number of hydrogen-bond donors (Lipinski definition) is 3. The molecule has 1 heterocycles. The molecule has 0 radical (unpaired) electrons. The molecule has 1 aromatic rings. The summed E-state index contributed by atoms with van der Waals surface area (Å²) in [5.41, 5.74) is 4.77. The predicted octanol–water partition coefficient (Wildman–Crippen LogP) is -0.190. The summed E-state index contributed by atoms with van der Waals surface area (Å²) in [6.07, 6.45) is -0.243. The second-order valence-electron chi connectivity index (χ2n) is 4.35. The Hall–Kier alpha value is -2.77. The zero-order valence-electron chi connectivity index (χ0n) is 11.6. The monoisotopic (exact) mass is 293 g/mol. The molecule has 8 nitrogen and oxygen atoms in total. The summed E-state index contributed by atoms with van der Waals surface area (Å²) in [7, 11) is 2.98. The lowest BCUT2D eigenvalue weighted by molar-refractivity contribution is -0.131. The summed E-state index contributed by atoms with van der Waals surface area (Å²) in [5, 5.41) is 2.60. The molecule has 2 rings (SSSR count). The molecule has 0 aliphatic carbocycles. The molecule has 8 heteroatoms. The number of amides is 3. The quantitative estimate of drug-likeness (QED) is 0.652. The van der Waals surface area contributed by atoms with Crippen molar-refractivity contribution in [3.05, 3.63) is 18.2 Å². The van der Waals surface area contributed by atoms with Gasteiger partial charge >= 0.3 is 0 Å². The number of ether oxygens (including phenoxy) is 2. The molecule has 1 aliphatic rings. The van der Waals surface area contributed by atoms with Crippen LogP contribution in [0.1, 0.15) is 6.42 Å². The first-order valence-electron chi connectivity index (χ1n) is 6.16. The summed E-state index contributed by atoms with van der Waals surface area (Å²) in [6, 6.07) is 4.89. The van der Waals surface area contributed by atoms with E-state index in [4.69, 9.17) is 9.47 Å². The molecule has 1 aliphatic heterocycles. The van der Waals surface area contributed by atoms with Crippen molar-refractivity contribution in [2.75, 3.05) is 19.5 Å². The number of carbonyl (C=O) groups excluding carboxylic acids is 3. The minimum atomic E-state index is -1.02. The number of rotatable bonds is 5. The van der Waals surface area contributed by atoms with E-state index in [1.54, 1.807) is 18.2 Å². The van der Waals surface area contributed by atoms with E-state index in [0.29, 0.717) is 17.2 Å². The van der Waals surface area contributed by atoms with Crippen molar-refractivity contribution >= 4 is 23.4 Å². The number of hydrazine groups is 1. The van der Waals surface area contributed by atoms with Crippen molar-refractivity contribution in [1.82, 2.24) is 10.9 Å².